The van der Waals surface area contributed by atoms with Crippen molar-refractivity contribution < 1.29 is 28.5 Å². The number of carbonyl (C=O) groups excluding carboxylic acids is 2. The number of fused-ring (bicyclic) bond motifs is 1. The minimum atomic E-state index is -0.344. The molecule has 2 aromatic carbocycles. The lowest BCUT2D eigenvalue weighted by Gasteiger charge is -2.39. The minimum Gasteiger partial charge on any atom is -0.497 e. The van der Waals surface area contributed by atoms with Gasteiger partial charge in [0.05, 0.1) is 27.9 Å². The Morgan fingerprint density at radius 1 is 0.919 bits per heavy atom. The molecule has 0 spiro atoms. The van der Waals surface area contributed by atoms with E-state index in [1.807, 2.05) is 47.5 Å². The van der Waals surface area contributed by atoms with Gasteiger partial charge >= 0.3 is 0 Å². The first-order valence-corrected chi connectivity index (χ1v) is 12.1. The van der Waals surface area contributed by atoms with E-state index in [0.717, 1.165) is 11.3 Å². The molecular weight excluding hydrogens is 474 g/mol. The molecule has 0 N–H and O–H groups in total. The SMILES string of the molecule is COCCN(CC(=O)N1CCn2cccc2C1c1ccccc1OC)C(=O)c1cc(OC)cc(OC)c1. The van der Waals surface area contributed by atoms with E-state index < -0.39 is 0 Å². The van der Waals surface area contributed by atoms with Gasteiger partial charge in [-0.3, -0.25) is 9.59 Å². The molecule has 4 rings (SSSR count). The highest BCUT2D eigenvalue weighted by molar-refractivity contribution is 5.97. The van der Waals surface area contributed by atoms with Gasteiger partial charge in [-0.15, -0.1) is 0 Å². The fourth-order valence-corrected chi connectivity index (χ4v) is 4.69. The smallest absolute Gasteiger partial charge is 0.254 e. The lowest BCUT2D eigenvalue weighted by molar-refractivity contribution is -0.134. The fourth-order valence-electron chi connectivity index (χ4n) is 4.69. The average Bonchev–Trinajstić information content (AvgIpc) is 3.43. The second kappa shape index (κ2) is 11.8. The summed E-state index contributed by atoms with van der Waals surface area (Å²) in [4.78, 5) is 30.8. The van der Waals surface area contributed by atoms with Gasteiger partial charge in [0, 0.05) is 55.8 Å². The largest absolute Gasteiger partial charge is 0.497 e. The van der Waals surface area contributed by atoms with E-state index in [1.54, 1.807) is 32.4 Å². The van der Waals surface area contributed by atoms with E-state index in [2.05, 4.69) is 4.57 Å². The number of nitrogens with zero attached hydrogens (tertiary/aromatic N) is 3. The Labute approximate surface area is 217 Å². The summed E-state index contributed by atoms with van der Waals surface area (Å²) in [6, 6.07) is 16.3. The molecule has 0 saturated carbocycles. The summed E-state index contributed by atoms with van der Waals surface area (Å²) in [7, 11) is 6.24. The maximum absolute atomic E-state index is 13.9. The number of methoxy groups -OCH3 is 4. The fraction of sp³-hybridized carbons (Fsp3) is 0.357. The topological polar surface area (TPSA) is 82.5 Å². The highest BCUT2D eigenvalue weighted by Crippen LogP contribution is 2.37. The van der Waals surface area contributed by atoms with Crippen molar-refractivity contribution in [3.63, 3.8) is 0 Å². The second-order valence-electron chi connectivity index (χ2n) is 8.68. The molecule has 1 atom stereocenters. The van der Waals surface area contributed by atoms with Crippen LogP contribution in [-0.2, 0) is 16.1 Å². The first-order valence-electron chi connectivity index (χ1n) is 12.1. The van der Waals surface area contributed by atoms with Crippen molar-refractivity contribution >= 4 is 11.8 Å². The maximum atomic E-state index is 13.9. The maximum Gasteiger partial charge on any atom is 0.254 e. The van der Waals surface area contributed by atoms with Crippen LogP contribution < -0.4 is 14.2 Å². The monoisotopic (exact) mass is 507 g/mol. The lowest BCUT2D eigenvalue weighted by atomic mass is 9.98. The number of hydrogen-bond acceptors (Lipinski definition) is 6. The van der Waals surface area contributed by atoms with E-state index in [-0.39, 0.29) is 30.9 Å². The molecule has 9 nitrogen and oxygen atoms in total. The van der Waals surface area contributed by atoms with E-state index >= 15 is 0 Å². The number of ether oxygens (including phenoxy) is 4. The molecule has 0 radical (unpaired) electrons. The van der Waals surface area contributed by atoms with Gasteiger partial charge < -0.3 is 33.3 Å². The number of para-hydroxylation sites is 1. The molecule has 1 aliphatic rings. The zero-order valence-electron chi connectivity index (χ0n) is 21.7. The summed E-state index contributed by atoms with van der Waals surface area (Å²) >= 11 is 0. The summed E-state index contributed by atoms with van der Waals surface area (Å²) in [5, 5.41) is 0. The number of benzene rings is 2. The van der Waals surface area contributed by atoms with Crippen LogP contribution in [0.4, 0.5) is 0 Å². The van der Waals surface area contributed by atoms with Gasteiger partial charge in [-0.1, -0.05) is 18.2 Å². The third kappa shape index (κ3) is 5.56. The molecular formula is C28H33N3O6. The standard InChI is InChI=1S/C28H33N3O6/c1-34-15-14-30(28(33)20-16-21(35-2)18-22(17-20)36-3)19-26(32)31-13-12-29-11-7-9-24(29)27(31)23-8-5-6-10-25(23)37-4/h5-11,16-18,27H,12-15,19H2,1-4H3. The van der Waals surface area contributed by atoms with Gasteiger partial charge in [0.15, 0.2) is 0 Å². The quantitative estimate of drug-likeness (QED) is 0.419. The third-order valence-corrected chi connectivity index (χ3v) is 6.57. The summed E-state index contributed by atoms with van der Waals surface area (Å²) in [6.45, 7) is 1.61. The van der Waals surface area contributed by atoms with Gasteiger partial charge in [0.2, 0.25) is 5.91 Å². The molecule has 0 aliphatic carbocycles. The first kappa shape index (κ1) is 26.1. The van der Waals surface area contributed by atoms with Crippen LogP contribution in [0.1, 0.15) is 27.7 Å². The van der Waals surface area contributed by atoms with Crippen molar-refractivity contribution in [1.29, 1.82) is 0 Å². The Hall–Kier alpha value is -3.98. The Kier molecular flexibility index (Phi) is 8.35. The van der Waals surface area contributed by atoms with Crippen molar-refractivity contribution in [2.75, 3.05) is 54.7 Å². The first-order chi connectivity index (χ1) is 18.0. The van der Waals surface area contributed by atoms with Crippen LogP contribution in [0.5, 0.6) is 17.2 Å². The van der Waals surface area contributed by atoms with Gasteiger partial charge in [-0.05, 0) is 30.3 Å². The van der Waals surface area contributed by atoms with Crippen molar-refractivity contribution in [3.8, 4) is 17.2 Å². The zero-order chi connectivity index (χ0) is 26.4. The summed E-state index contributed by atoms with van der Waals surface area (Å²) in [6.07, 6.45) is 2.02. The number of aromatic nitrogens is 1. The molecule has 3 aromatic rings. The van der Waals surface area contributed by atoms with E-state index in [4.69, 9.17) is 18.9 Å². The van der Waals surface area contributed by atoms with Crippen LogP contribution in [0.15, 0.2) is 60.8 Å². The molecule has 37 heavy (non-hydrogen) atoms. The van der Waals surface area contributed by atoms with Crippen LogP contribution in [0.2, 0.25) is 0 Å². The average molecular weight is 508 g/mol. The summed E-state index contributed by atoms with van der Waals surface area (Å²) in [5.41, 5.74) is 2.26. The number of amides is 2. The Morgan fingerprint density at radius 2 is 1.65 bits per heavy atom. The minimum absolute atomic E-state index is 0.103. The van der Waals surface area contributed by atoms with Crippen LogP contribution in [0, 0.1) is 0 Å². The highest BCUT2D eigenvalue weighted by atomic mass is 16.5. The van der Waals surface area contributed by atoms with Crippen molar-refractivity contribution in [3.05, 3.63) is 77.6 Å². The number of hydrogen-bond donors (Lipinski definition) is 0. The Bertz CT molecular complexity index is 1220. The second-order valence-corrected chi connectivity index (χ2v) is 8.68. The van der Waals surface area contributed by atoms with Crippen LogP contribution in [0.3, 0.4) is 0 Å². The van der Waals surface area contributed by atoms with E-state index in [1.165, 1.54) is 19.1 Å². The third-order valence-electron chi connectivity index (χ3n) is 6.57. The van der Waals surface area contributed by atoms with Crippen molar-refractivity contribution in [2.24, 2.45) is 0 Å². The van der Waals surface area contributed by atoms with Crippen LogP contribution in [-0.4, -0.2) is 80.9 Å². The van der Waals surface area contributed by atoms with Gasteiger partial charge in [-0.2, -0.15) is 0 Å². The van der Waals surface area contributed by atoms with E-state index in [9.17, 15) is 9.59 Å². The molecule has 1 aliphatic heterocycles. The van der Waals surface area contributed by atoms with Gasteiger partial charge in [0.25, 0.3) is 5.91 Å². The normalized spacial score (nSPS) is 14.6. The summed E-state index contributed by atoms with van der Waals surface area (Å²) < 4.78 is 23.7. The highest BCUT2D eigenvalue weighted by Gasteiger charge is 2.35. The van der Waals surface area contributed by atoms with Crippen molar-refractivity contribution in [1.82, 2.24) is 14.4 Å². The predicted octanol–water partition coefficient (Wildman–Crippen LogP) is 3.23. The molecule has 0 bridgehead atoms. The zero-order valence-corrected chi connectivity index (χ0v) is 21.7. The number of carbonyl (C=O) groups is 2. The number of rotatable bonds is 10. The molecule has 0 saturated heterocycles. The van der Waals surface area contributed by atoms with E-state index in [0.29, 0.717) is 42.5 Å². The molecule has 196 valence electrons. The van der Waals surface area contributed by atoms with Crippen LogP contribution in [0.25, 0.3) is 0 Å². The lowest BCUT2D eigenvalue weighted by Crippen LogP contribution is -2.48. The molecule has 2 amide bonds. The predicted molar refractivity (Wildman–Crippen MR) is 138 cm³/mol. The Morgan fingerprint density at radius 3 is 2.32 bits per heavy atom. The molecule has 0 fully saturated rings. The van der Waals surface area contributed by atoms with Crippen molar-refractivity contribution in [2.45, 2.75) is 12.6 Å². The van der Waals surface area contributed by atoms with Crippen LogP contribution >= 0.6 is 0 Å². The summed E-state index contributed by atoms with van der Waals surface area (Å²) in [5.74, 6) is 1.22. The molecule has 1 aromatic heterocycles. The van der Waals surface area contributed by atoms with Gasteiger partial charge in [-0.25, -0.2) is 0 Å². The molecule has 1 unspecified atom stereocenters. The molecule has 2 heterocycles. The molecule has 9 heteroatoms. The van der Waals surface area contributed by atoms with Gasteiger partial charge in [0.1, 0.15) is 29.8 Å². The Balaban J connectivity index is 1.65.